The van der Waals surface area contributed by atoms with Gasteiger partial charge < -0.3 is 15.6 Å². The number of fused-ring (bicyclic) bond motifs is 1. The predicted octanol–water partition coefficient (Wildman–Crippen LogP) is 0.117. The molecule has 0 radical (unpaired) electrons. The molecule has 0 fully saturated rings. The van der Waals surface area contributed by atoms with Crippen LogP contribution in [-0.4, -0.2) is 44.8 Å². The minimum Gasteiger partial charge on any atom is -0.399 e. The summed E-state index contributed by atoms with van der Waals surface area (Å²) in [5, 5.41) is 0.531. The average Bonchev–Trinajstić information content (AvgIpc) is 2.79. The fourth-order valence-electron chi connectivity index (χ4n) is 1.73. The van der Waals surface area contributed by atoms with Crippen LogP contribution in [-0.2, 0) is 14.8 Å². The van der Waals surface area contributed by atoms with Crippen LogP contribution in [0.4, 0.5) is 5.69 Å². The van der Waals surface area contributed by atoms with E-state index in [-0.39, 0.29) is 17.3 Å². The Bertz CT molecular complexity index is 749. The molecule has 108 valence electrons. The molecule has 0 aliphatic heterocycles. The second-order valence-electron chi connectivity index (χ2n) is 4.57. The number of nitrogens with two attached hydrogens (primary N) is 1. The molecule has 0 atom stereocenters. The van der Waals surface area contributed by atoms with Crippen molar-refractivity contribution in [3.8, 4) is 0 Å². The number of hydrogen-bond donors (Lipinski definition) is 3. The summed E-state index contributed by atoms with van der Waals surface area (Å²) >= 11 is 0. The molecule has 0 saturated carbocycles. The Labute approximate surface area is 116 Å². The van der Waals surface area contributed by atoms with Gasteiger partial charge in [0.2, 0.25) is 15.9 Å². The van der Waals surface area contributed by atoms with Gasteiger partial charge in [-0.15, -0.1) is 0 Å². The number of amides is 1. The van der Waals surface area contributed by atoms with Crippen LogP contribution in [0.2, 0.25) is 0 Å². The number of nitrogens with zero attached hydrogens (tertiary/aromatic N) is 1. The maximum absolute atomic E-state index is 12.2. The van der Waals surface area contributed by atoms with E-state index in [9.17, 15) is 13.2 Å². The van der Waals surface area contributed by atoms with E-state index >= 15 is 0 Å². The number of hydrogen-bond acceptors (Lipinski definition) is 4. The molecule has 0 bridgehead atoms. The molecule has 20 heavy (non-hydrogen) atoms. The Balaban J connectivity index is 2.30. The Kier molecular flexibility index (Phi) is 3.69. The number of sulfonamides is 1. The Hall–Kier alpha value is -2.06. The van der Waals surface area contributed by atoms with Crippen molar-refractivity contribution in [3.05, 3.63) is 24.4 Å². The number of nitrogen functional groups attached to an aromatic ring is 1. The second kappa shape index (κ2) is 5.14. The summed E-state index contributed by atoms with van der Waals surface area (Å²) in [5.74, 6) is -0.322. The standard InChI is InChI=1S/C12H16N4O3S/c1-16(2)12(17)7-15-20(18,19)11-6-14-10-5-8(13)3-4-9(10)11/h3-6,14-15H,7,13H2,1-2H3. The van der Waals surface area contributed by atoms with Gasteiger partial charge in [0.25, 0.3) is 0 Å². The fraction of sp³-hybridized carbons (Fsp3) is 0.250. The lowest BCUT2D eigenvalue weighted by Gasteiger charge is -2.11. The van der Waals surface area contributed by atoms with Gasteiger partial charge in [-0.3, -0.25) is 4.79 Å². The average molecular weight is 296 g/mol. The number of rotatable bonds is 4. The molecule has 0 aliphatic carbocycles. The van der Waals surface area contributed by atoms with Gasteiger partial charge in [0.1, 0.15) is 4.90 Å². The predicted molar refractivity (Wildman–Crippen MR) is 76.6 cm³/mol. The number of aromatic amines is 1. The lowest BCUT2D eigenvalue weighted by atomic mass is 10.2. The largest absolute Gasteiger partial charge is 0.399 e. The number of aromatic nitrogens is 1. The minimum atomic E-state index is -3.75. The summed E-state index contributed by atoms with van der Waals surface area (Å²) in [7, 11) is -0.633. The molecule has 0 spiro atoms. The Morgan fingerprint density at radius 2 is 2.10 bits per heavy atom. The van der Waals surface area contributed by atoms with E-state index in [2.05, 4.69) is 9.71 Å². The Morgan fingerprint density at radius 3 is 2.75 bits per heavy atom. The van der Waals surface area contributed by atoms with E-state index in [1.165, 1.54) is 11.1 Å². The molecule has 7 nitrogen and oxygen atoms in total. The zero-order valence-corrected chi connectivity index (χ0v) is 12.0. The summed E-state index contributed by atoms with van der Waals surface area (Å²) in [4.78, 5) is 15.7. The quantitative estimate of drug-likeness (QED) is 0.696. The van der Waals surface area contributed by atoms with E-state index in [0.717, 1.165) is 0 Å². The van der Waals surface area contributed by atoms with E-state index in [0.29, 0.717) is 16.6 Å². The maximum atomic E-state index is 12.2. The molecule has 2 aromatic rings. The van der Waals surface area contributed by atoms with Crippen LogP contribution < -0.4 is 10.5 Å². The van der Waals surface area contributed by atoms with Crippen LogP contribution in [0.5, 0.6) is 0 Å². The van der Waals surface area contributed by atoms with Gasteiger partial charge in [0.05, 0.1) is 6.54 Å². The molecule has 0 aliphatic rings. The topological polar surface area (TPSA) is 108 Å². The summed E-state index contributed by atoms with van der Waals surface area (Å²) in [6.07, 6.45) is 1.38. The van der Waals surface area contributed by atoms with Gasteiger partial charge in [0.15, 0.2) is 0 Å². The van der Waals surface area contributed by atoms with Crippen LogP contribution in [0, 0.1) is 0 Å². The van der Waals surface area contributed by atoms with Gasteiger partial charge in [-0.1, -0.05) is 0 Å². The van der Waals surface area contributed by atoms with Crippen LogP contribution in [0.1, 0.15) is 0 Å². The first-order valence-electron chi connectivity index (χ1n) is 5.87. The normalized spacial score (nSPS) is 11.7. The summed E-state index contributed by atoms with van der Waals surface area (Å²) in [6, 6.07) is 4.91. The zero-order valence-electron chi connectivity index (χ0n) is 11.2. The molecular weight excluding hydrogens is 280 g/mol. The third-order valence-corrected chi connectivity index (χ3v) is 4.31. The molecule has 0 saturated heterocycles. The van der Waals surface area contributed by atoms with Gasteiger partial charge in [0, 0.05) is 36.9 Å². The first kappa shape index (κ1) is 14.4. The summed E-state index contributed by atoms with van der Waals surface area (Å²) in [5.41, 5.74) is 6.81. The summed E-state index contributed by atoms with van der Waals surface area (Å²) in [6.45, 7) is -0.281. The molecule has 2 rings (SSSR count). The van der Waals surface area contributed by atoms with Crippen molar-refractivity contribution < 1.29 is 13.2 Å². The number of H-pyrrole nitrogens is 1. The van der Waals surface area contributed by atoms with E-state index in [1.807, 2.05) is 0 Å². The molecule has 0 unspecified atom stereocenters. The molecule has 4 N–H and O–H groups in total. The van der Waals surface area contributed by atoms with Crippen molar-refractivity contribution >= 4 is 32.5 Å². The van der Waals surface area contributed by atoms with Crippen molar-refractivity contribution in [2.75, 3.05) is 26.4 Å². The SMILES string of the molecule is CN(C)C(=O)CNS(=O)(=O)c1c[nH]c2cc(N)ccc12. The lowest BCUT2D eigenvalue weighted by Crippen LogP contribution is -2.36. The van der Waals surface area contributed by atoms with Gasteiger partial charge in [-0.05, 0) is 18.2 Å². The second-order valence-corrected chi connectivity index (χ2v) is 6.31. The maximum Gasteiger partial charge on any atom is 0.243 e. The zero-order chi connectivity index (χ0) is 14.9. The fourth-order valence-corrected chi connectivity index (χ4v) is 2.88. The molecule has 1 aromatic carbocycles. The highest BCUT2D eigenvalue weighted by molar-refractivity contribution is 7.89. The van der Waals surface area contributed by atoms with Crippen LogP contribution in [0.15, 0.2) is 29.3 Å². The van der Waals surface area contributed by atoms with Gasteiger partial charge in [-0.2, -0.15) is 0 Å². The van der Waals surface area contributed by atoms with E-state index in [4.69, 9.17) is 5.73 Å². The van der Waals surface area contributed by atoms with E-state index < -0.39 is 10.0 Å². The highest BCUT2D eigenvalue weighted by atomic mass is 32.2. The van der Waals surface area contributed by atoms with Crippen LogP contribution in [0.3, 0.4) is 0 Å². The van der Waals surface area contributed by atoms with Crippen LogP contribution in [0.25, 0.3) is 10.9 Å². The summed E-state index contributed by atoms with van der Waals surface area (Å²) < 4.78 is 26.7. The molecular formula is C12H16N4O3S. The van der Waals surface area contributed by atoms with Crippen molar-refractivity contribution in [3.63, 3.8) is 0 Å². The number of carbonyl (C=O) groups excluding carboxylic acids is 1. The first-order chi connectivity index (χ1) is 9.31. The third-order valence-electron chi connectivity index (χ3n) is 2.87. The molecule has 1 heterocycles. The highest BCUT2D eigenvalue weighted by Crippen LogP contribution is 2.24. The lowest BCUT2D eigenvalue weighted by molar-refractivity contribution is -0.127. The minimum absolute atomic E-state index is 0.0963. The molecule has 8 heteroatoms. The van der Waals surface area contributed by atoms with Crippen molar-refractivity contribution in [2.24, 2.45) is 0 Å². The van der Waals surface area contributed by atoms with Crippen LogP contribution >= 0.6 is 0 Å². The monoisotopic (exact) mass is 296 g/mol. The Morgan fingerprint density at radius 1 is 1.40 bits per heavy atom. The number of likely N-dealkylation sites (N-methyl/N-ethyl adjacent to an activating group) is 1. The number of carbonyl (C=O) groups is 1. The molecule has 1 aromatic heterocycles. The smallest absolute Gasteiger partial charge is 0.243 e. The van der Waals surface area contributed by atoms with Crippen molar-refractivity contribution in [1.82, 2.24) is 14.6 Å². The highest BCUT2D eigenvalue weighted by Gasteiger charge is 2.20. The van der Waals surface area contributed by atoms with Crippen molar-refractivity contribution in [1.29, 1.82) is 0 Å². The van der Waals surface area contributed by atoms with E-state index in [1.54, 1.807) is 32.3 Å². The van der Waals surface area contributed by atoms with Crippen molar-refractivity contribution in [2.45, 2.75) is 4.90 Å². The molecule has 1 amide bonds. The number of nitrogens with one attached hydrogen (secondary N) is 2. The van der Waals surface area contributed by atoms with Gasteiger partial charge >= 0.3 is 0 Å². The van der Waals surface area contributed by atoms with Gasteiger partial charge in [-0.25, -0.2) is 13.1 Å². The first-order valence-corrected chi connectivity index (χ1v) is 7.36. The number of anilines is 1. The number of benzene rings is 1. The third kappa shape index (κ3) is 2.75.